The zero-order valence-corrected chi connectivity index (χ0v) is 13.9. The van der Waals surface area contributed by atoms with Crippen LogP contribution in [0.25, 0.3) is 0 Å². The van der Waals surface area contributed by atoms with Crippen LogP contribution in [0.4, 0.5) is 10.5 Å². The van der Waals surface area contributed by atoms with Gasteiger partial charge in [-0.05, 0) is 43.7 Å². The maximum Gasteiger partial charge on any atom is 0.320 e. The third kappa shape index (κ3) is 2.59. The number of imide groups is 1. The minimum Gasteiger partial charge on any atom is -0.317 e. The van der Waals surface area contributed by atoms with E-state index in [1.807, 2.05) is 0 Å². The number of hydrogen-bond donors (Lipinski definition) is 2. The van der Waals surface area contributed by atoms with E-state index in [2.05, 4.69) is 27.8 Å². The Morgan fingerprint density at radius 2 is 1.84 bits per heavy atom. The lowest BCUT2D eigenvalue weighted by Gasteiger charge is -2.38. The second kappa shape index (κ2) is 5.98. The van der Waals surface area contributed by atoms with E-state index in [0.717, 1.165) is 12.8 Å². The fourth-order valence-electron chi connectivity index (χ4n) is 4.34. The van der Waals surface area contributed by atoms with Crippen LogP contribution in [0, 0.1) is 23.7 Å². The number of carbonyl (C=O) groups excluding carboxylic acids is 3. The van der Waals surface area contributed by atoms with E-state index in [1.165, 1.54) is 11.1 Å². The average molecular weight is 340 g/mol. The molecule has 4 amide bonds. The third-order valence-electron chi connectivity index (χ3n) is 5.44. The number of fused-ring (bicyclic) bond motifs is 1. The van der Waals surface area contributed by atoms with E-state index in [0.29, 0.717) is 5.69 Å². The molecule has 7 nitrogen and oxygen atoms in total. The Morgan fingerprint density at radius 3 is 2.36 bits per heavy atom. The summed E-state index contributed by atoms with van der Waals surface area (Å²) in [6.07, 6.45) is 8.51. The quantitative estimate of drug-likeness (QED) is 0.648. The van der Waals surface area contributed by atoms with Crippen molar-refractivity contribution in [2.45, 2.75) is 25.9 Å². The van der Waals surface area contributed by atoms with Gasteiger partial charge in [0, 0.05) is 6.20 Å². The van der Waals surface area contributed by atoms with Gasteiger partial charge in [0.1, 0.15) is 6.17 Å². The summed E-state index contributed by atoms with van der Waals surface area (Å²) in [6, 6.07) is 2.94. The van der Waals surface area contributed by atoms with Gasteiger partial charge in [0.25, 0.3) is 0 Å². The van der Waals surface area contributed by atoms with Gasteiger partial charge in [0.15, 0.2) is 0 Å². The molecule has 5 unspecified atom stereocenters. The van der Waals surface area contributed by atoms with Crippen molar-refractivity contribution in [2.24, 2.45) is 23.7 Å². The summed E-state index contributed by atoms with van der Waals surface area (Å²) < 4.78 is 0. The van der Waals surface area contributed by atoms with Gasteiger partial charge < -0.3 is 10.6 Å². The number of anilines is 1. The Hall–Kier alpha value is -2.70. The highest BCUT2D eigenvalue weighted by Gasteiger charge is 2.57. The molecule has 0 radical (unpaired) electrons. The molecule has 7 heteroatoms. The molecule has 2 bridgehead atoms. The first-order valence-corrected chi connectivity index (χ1v) is 8.59. The summed E-state index contributed by atoms with van der Waals surface area (Å²) >= 11 is 0. The van der Waals surface area contributed by atoms with Crippen LogP contribution in [0.5, 0.6) is 0 Å². The molecule has 4 aliphatic rings. The van der Waals surface area contributed by atoms with Crippen LogP contribution in [0.3, 0.4) is 0 Å². The monoisotopic (exact) mass is 340 g/mol. The molecule has 5 atom stereocenters. The lowest BCUT2D eigenvalue weighted by molar-refractivity contribution is -0.142. The number of nitrogens with one attached hydrogen (secondary N) is 2. The molecule has 25 heavy (non-hydrogen) atoms. The van der Waals surface area contributed by atoms with Crippen molar-refractivity contribution >= 4 is 23.5 Å². The number of urea groups is 1. The largest absolute Gasteiger partial charge is 0.320 e. The number of amides is 4. The molecule has 2 heterocycles. The molecule has 1 saturated heterocycles. The molecule has 0 spiro atoms. The lowest BCUT2D eigenvalue weighted by Crippen LogP contribution is -2.50. The van der Waals surface area contributed by atoms with Crippen molar-refractivity contribution in [3.63, 3.8) is 0 Å². The van der Waals surface area contributed by atoms with Gasteiger partial charge in [-0.1, -0.05) is 12.2 Å². The first kappa shape index (κ1) is 15.8. The smallest absolute Gasteiger partial charge is 0.317 e. The molecule has 0 aromatic carbocycles. The molecule has 3 aliphatic carbocycles. The summed E-state index contributed by atoms with van der Waals surface area (Å²) in [6.45, 7) is 1.66. The van der Waals surface area contributed by atoms with E-state index < -0.39 is 12.2 Å². The van der Waals surface area contributed by atoms with Crippen molar-refractivity contribution in [1.82, 2.24) is 15.2 Å². The predicted molar refractivity (Wildman–Crippen MR) is 90.0 cm³/mol. The van der Waals surface area contributed by atoms with Gasteiger partial charge in [-0.25, -0.2) is 4.79 Å². The molecule has 1 saturated carbocycles. The summed E-state index contributed by atoms with van der Waals surface area (Å²) in [5.41, 5.74) is 0.544. The molecular formula is C18H20N4O3. The van der Waals surface area contributed by atoms with Gasteiger partial charge in [-0.2, -0.15) is 0 Å². The van der Waals surface area contributed by atoms with Crippen LogP contribution in [-0.2, 0) is 9.59 Å². The Balaban J connectivity index is 1.46. The van der Waals surface area contributed by atoms with Crippen LogP contribution >= 0.6 is 0 Å². The van der Waals surface area contributed by atoms with Gasteiger partial charge >= 0.3 is 6.03 Å². The van der Waals surface area contributed by atoms with Crippen molar-refractivity contribution in [3.05, 3.63) is 36.7 Å². The summed E-state index contributed by atoms with van der Waals surface area (Å²) in [4.78, 5) is 42.9. The average Bonchev–Trinajstić information content (AvgIpc) is 2.90. The van der Waals surface area contributed by atoms with E-state index in [-0.39, 0.29) is 35.5 Å². The van der Waals surface area contributed by atoms with Crippen LogP contribution in [0.15, 0.2) is 36.7 Å². The molecule has 2 fully saturated rings. The first-order valence-electron chi connectivity index (χ1n) is 8.59. The Bertz CT molecular complexity index is 716. The van der Waals surface area contributed by atoms with E-state index >= 15 is 0 Å². The number of allylic oxidation sites excluding steroid dienone is 2. The van der Waals surface area contributed by atoms with Gasteiger partial charge in [0.05, 0.1) is 23.7 Å². The fourth-order valence-corrected chi connectivity index (χ4v) is 4.34. The van der Waals surface area contributed by atoms with Crippen LogP contribution in [0.1, 0.15) is 19.8 Å². The number of nitrogens with zero attached hydrogens (tertiary/aromatic N) is 2. The second-order valence-corrected chi connectivity index (χ2v) is 6.90. The van der Waals surface area contributed by atoms with Crippen LogP contribution in [0.2, 0.25) is 0 Å². The summed E-state index contributed by atoms with van der Waals surface area (Å²) in [5.74, 6) is -0.559. The Labute approximate surface area is 145 Å². The standard InChI is InChI=1S/C18H20N4O3/c1-10(20-18(25)21-13-3-2-8-19-9-13)22-16(23)14-11-4-5-12(7-6-11)15(14)17(22)24/h2-5,8-12,14-15H,6-7H2,1H3,(H2,20,21,25). The molecule has 1 aliphatic heterocycles. The first-order chi connectivity index (χ1) is 12.1. The predicted octanol–water partition coefficient (Wildman–Crippen LogP) is 1.75. The number of pyridine rings is 1. The molecule has 5 rings (SSSR count). The van der Waals surface area contributed by atoms with Gasteiger partial charge in [-0.15, -0.1) is 0 Å². The molecular weight excluding hydrogens is 320 g/mol. The Morgan fingerprint density at radius 1 is 1.20 bits per heavy atom. The number of likely N-dealkylation sites (tertiary alicyclic amines) is 1. The molecule has 130 valence electrons. The lowest BCUT2D eigenvalue weighted by atomic mass is 9.63. The third-order valence-corrected chi connectivity index (χ3v) is 5.44. The van der Waals surface area contributed by atoms with Gasteiger partial charge in [-0.3, -0.25) is 19.5 Å². The van der Waals surface area contributed by atoms with Crippen molar-refractivity contribution in [1.29, 1.82) is 0 Å². The van der Waals surface area contributed by atoms with E-state index in [4.69, 9.17) is 0 Å². The molecule has 1 aromatic heterocycles. The summed E-state index contributed by atoms with van der Waals surface area (Å²) in [5, 5.41) is 5.32. The highest BCUT2D eigenvalue weighted by Crippen LogP contribution is 2.49. The summed E-state index contributed by atoms with van der Waals surface area (Å²) in [7, 11) is 0. The van der Waals surface area contributed by atoms with Crippen LogP contribution in [-0.4, -0.2) is 33.9 Å². The van der Waals surface area contributed by atoms with Crippen LogP contribution < -0.4 is 10.6 Å². The highest BCUT2D eigenvalue weighted by atomic mass is 16.2. The van der Waals surface area contributed by atoms with Gasteiger partial charge in [0.2, 0.25) is 11.8 Å². The number of hydrogen-bond acceptors (Lipinski definition) is 4. The SMILES string of the molecule is CC(NC(=O)Nc1cccnc1)N1C(=O)C2C3C=CC(CC3)C2C1=O. The van der Waals surface area contributed by atoms with Crippen molar-refractivity contribution in [2.75, 3.05) is 5.32 Å². The molecule has 2 N–H and O–H groups in total. The maximum atomic E-state index is 12.8. The minimum absolute atomic E-state index is 0.146. The van der Waals surface area contributed by atoms with E-state index in [9.17, 15) is 14.4 Å². The number of rotatable bonds is 3. The maximum absolute atomic E-state index is 12.8. The normalized spacial score (nSPS) is 31.0. The van der Waals surface area contributed by atoms with E-state index in [1.54, 1.807) is 25.3 Å². The van der Waals surface area contributed by atoms with Crippen molar-refractivity contribution < 1.29 is 14.4 Å². The second-order valence-electron chi connectivity index (χ2n) is 6.90. The molecule has 1 aromatic rings. The topological polar surface area (TPSA) is 91.4 Å². The zero-order valence-electron chi connectivity index (χ0n) is 13.9. The minimum atomic E-state index is -0.693. The highest BCUT2D eigenvalue weighted by molar-refractivity contribution is 6.06. The zero-order chi connectivity index (χ0) is 17.6. The fraction of sp³-hybridized carbons (Fsp3) is 0.444. The van der Waals surface area contributed by atoms with Crippen molar-refractivity contribution in [3.8, 4) is 0 Å². The number of carbonyl (C=O) groups is 3. The number of aromatic nitrogens is 1. The Kier molecular flexibility index (Phi) is 3.78.